The zero-order valence-electron chi connectivity index (χ0n) is 6.43. The Balaban J connectivity index is 2.53. The van der Waals surface area contributed by atoms with Crippen LogP contribution >= 0.6 is 15.9 Å². The molecular weight excluding hydrogens is 241 g/mol. The maximum Gasteiger partial charge on any atom is 0.262 e. The highest BCUT2D eigenvalue weighted by Crippen LogP contribution is 2.35. The minimum atomic E-state index is -0.401. The van der Waals surface area contributed by atoms with Crippen LogP contribution in [-0.2, 0) is 4.79 Å². The topological polar surface area (TPSA) is 38.3 Å². The van der Waals surface area contributed by atoms with E-state index in [2.05, 4.69) is 21.2 Å². The summed E-state index contributed by atoms with van der Waals surface area (Å²) in [6, 6.07) is 2.51. The smallest absolute Gasteiger partial charge is 0.262 e. The number of nitrogens with one attached hydrogen (secondary N) is 1. The van der Waals surface area contributed by atoms with E-state index >= 15 is 0 Å². The van der Waals surface area contributed by atoms with Gasteiger partial charge in [-0.05, 0) is 22.0 Å². The number of hydrogen-bond donors (Lipinski definition) is 1. The van der Waals surface area contributed by atoms with E-state index in [9.17, 15) is 9.18 Å². The second-order valence-electron chi connectivity index (χ2n) is 2.60. The van der Waals surface area contributed by atoms with Gasteiger partial charge in [0.1, 0.15) is 11.6 Å². The lowest BCUT2D eigenvalue weighted by Gasteiger charge is -2.18. The second-order valence-corrected chi connectivity index (χ2v) is 3.45. The summed E-state index contributed by atoms with van der Waals surface area (Å²) in [6.45, 7) is -0.0666. The maximum atomic E-state index is 12.8. The van der Waals surface area contributed by atoms with Crippen LogP contribution in [0, 0.1) is 5.82 Å². The Bertz CT molecular complexity index is 381. The van der Waals surface area contributed by atoms with E-state index in [1.165, 1.54) is 12.1 Å². The molecule has 13 heavy (non-hydrogen) atoms. The standard InChI is InChI=1S/C8H5BrFNO2/c9-5-1-4(10)2-6-8(5)11-7(12)3-13-6/h1-2H,3H2,(H,11,12). The lowest BCUT2D eigenvalue weighted by Crippen LogP contribution is -2.25. The third-order valence-corrected chi connectivity index (χ3v) is 2.27. The first kappa shape index (κ1) is 8.50. The highest BCUT2D eigenvalue weighted by molar-refractivity contribution is 9.10. The summed E-state index contributed by atoms with van der Waals surface area (Å²) in [5.41, 5.74) is 0.484. The monoisotopic (exact) mass is 245 g/mol. The first-order valence-electron chi connectivity index (χ1n) is 3.58. The number of rotatable bonds is 0. The molecule has 0 spiro atoms. The number of anilines is 1. The lowest BCUT2D eigenvalue weighted by atomic mass is 10.2. The molecule has 3 nitrogen and oxygen atoms in total. The number of carbonyl (C=O) groups excluding carboxylic acids is 1. The number of halogens is 2. The van der Waals surface area contributed by atoms with Gasteiger partial charge in [0, 0.05) is 10.5 Å². The van der Waals surface area contributed by atoms with Crippen LogP contribution in [0.3, 0.4) is 0 Å². The normalized spacial score (nSPS) is 14.5. The summed E-state index contributed by atoms with van der Waals surface area (Å²) in [5.74, 6) is -0.284. The minimum absolute atomic E-state index is 0.0666. The van der Waals surface area contributed by atoms with Crippen LogP contribution in [0.1, 0.15) is 0 Å². The summed E-state index contributed by atoms with van der Waals surface area (Å²) in [5, 5.41) is 2.58. The van der Waals surface area contributed by atoms with Crippen molar-refractivity contribution in [3.8, 4) is 5.75 Å². The molecule has 0 aromatic heterocycles. The van der Waals surface area contributed by atoms with Gasteiger partial charge in [0.2, 0.25) is 0 Å². The quantitative estimate of drug-likeness (QED) is 0.759. The molecule has 0 aliphatic carbocycles. The van der Waals surface area contributed by atoms with Gasteiger partial charge in [-0.25, -0.2) is 4.39 Å². The van der Waals surface area contributed by atoms with Crippen molar-refractivity contribution >= 4 is 27.5 Å². The van der Waals surface area contributed by atoms with E-state index in [0.717, 1.165) is 0 Å². The molecule has 1 aliphatic rings. The molecule has 0 radical (unpaired) electrons. The fourth-order valence-electron chi connectivity index (χ4n) is 1.10. The van der Waals surface area contributed by atoms with Crippen LogP contribution in [0.5, 0.6) is 5.75 Å². The molecule has 0 fully saturated rings. The van der Waals surface area contributed by atoms with Gasteiger partial charge < -0.3 is 10.1 Å². The summed E-state index contributed by atoms with van der Waals surface area (Å²) in [4.78, 5) is 10.9. The Morgan fingerprint density at radius 3 is 3.08 bits per heavy atom. The molecule has 68 valence electrons. The molecule has 0 saturated heterocycles. The molecule has 0 bridgehead atoms. The predicted octanol–water partition coefficient (Wildman–Crippen LogP) is 1.92. The van der Waals surface area contributed by atoms with E-state index in [4.69, 9.17) is 4.74 Å². The predicted molar refractivity (Wildman–Crippen MR) is 48.2 cm³/mol. The van der Waals surface area contributed by atoms with Gasteiger partial charge in [0.05, 0.1) is 5.69 Å². The minimum Gasteiger partial charge on any atom is -0.481 e. The van der Waals surface area contributed by atoms with Crippen LogP contribution in [-0.4, -0.2) is 12.5 Å². The largest absolute Gasteiger partial charge is 0.481 e. The number of carbonyl (C=O) groups is 1. The Hall–Kier alpha value is -1.10. The molecule has 1 aliphatic heterocycles. The SMILES string of the molecule is O=C1COc2cc(F)cc(Br)c2N1. The van der Waals surface area contributed by atoms with Crippen molar-refractivity contribution in [3.63, 3.8) is 0 Å². The molecule has 0 unspecified atom stereocenters. The zero-order valence-corrected chi connectivity index (χ0v) is 8.02. The third kappa shape index (κ3) is 1.51. The molecule has 1 amide bonds. The molecular formula is C8H5BrFNO2. The fraction of sp³-hybridized carbons (Fsp3) is 0.125. The van der Waals surface area contributed by atoms with Gasteiger partial charge >= 0.3 is 0 Å². The van der Waals surface area contributed by atoms with Crippen molar-refractivity contribution in [1.82, 2.24) is 0 Å². The van der Waals surface area contributed by atoms with Crippen molar-refractivity contribution in [3.05, 3.63) is 22.4 Å². The van der Waals surface area contributed by atoms with Crippen LogP contribution < -0.4 is 10.1 Å². The number of amides is 1. The molecule has 1 heterocycles. The molecule has 1 aromatic carbocycles. The Morgan fingerprint density at radius 1 is 1.54 bits per heavy atom. The van der Waals surface area contributed by atoms with Crippen molar-refractivity contribution in [1.29, 1.82) is 0 Å². The average Bonchev–Trinajstić information content (AvgIpc) is 2.06. The van der Waals surface area contributed by atoms with Crippen LogP contribution in [0.25, 0.3) is 0 Å². The van der Waals surface area contributed by atoms with Gasteiger partial charge in [-0.15, -0.1) is 0 Å². The first-order chi connectivity index (χ1) is 6.16. The van der Waals surface area contributed by atoms with Gasteiger partial charge in [-0.3, -0.25) is 4.79 Å². The van der Waals surface area contributed by atoms with Crippen molar-refractivity contribution in [2.24, 2.45) is 0 Å². The summed E-state index contributed by atoms with van der Waals surface area (Å²) >= 11 is 3.13. The number of fused-ring (bicyclic) bond motifs is 1. The van der Waals surface area contributed by atoms with E-state index < -0.39 is 5.82 Å². The molecule has 1 aromatic rings. The molecule has 1 N–H and O–H groups in total. The third-order valence-electron chi connectivity index (χ3n) is 1.64. The van der Waals surface area contributed by atoms with Crippen molar-refractivity contribution in [2.45, 2.75) is 0 Å². The molecule has 0 atom stereocenters. The highest BCUT2D eigenvalue weighted by atomic mass is 79.9. The molecule has 0 saturated carbocycles. The van der Waals surface area contributed by atoms with Crippen molar-refractivity contribution in [2.75, 3.05) is 11.9 Å². The van der Waals surface area contributed by atoms with Crippen molar-refractivity contribution < 1.29 is 13.9 Å². The van der Waals surface area contributed by atoms with Gasteiger partial charge in [-0.1, -0.05) is 0 Å². The Kier molecular flexibility index (Phi) is 1.95. The molecule has 2 rings (SSSR count). The zero-order chi connectivity index (χ0) is 9.42. The number of benzene rings is 1. The van der Waals surface area contributed by atoms with Gasteiger partial charge in [-0.2, -0.15) is 0 Å². The van der Waals surface area contributed by atoms with Crippen LogP contribution in [0.4, 0.5) is 10.1 Å². The summed E-state index contributed by atoms with van der Waals surface area (Å²) in [6.07, 6.45) is 0. The van der Waals surface area contributed by atoms with Gasteiger partial charge in [0.15, 0.2) is 6.61 Å². The van der Waals surface area contributed by atoms with E-state index in [0.29, 0.717) is 15.9 Å². The maximum absolute atomic E-state index is 12.8. The second kappa shape index (κ2) is 2.99. The van der Waals surface area contributed by atoms with Gasteiger partial charge in [0.25, 0.3) is 5.91 Å². The number of hydrogen-bond acceptors (Lipinski definition) is 2. The highest BCUT2D eigenvalue weighted by Gasteiger charge is 2.19. The van der Waals surface area contributed by atoms with Crippen LogP contribution in [0.2, 0.25) is 0 Å². The van der Waals surface area contributed by atoms with E-state index in [1.807, 2.05) is 0 Å². The lowest BCUT2D eigenvalue weighted by molar-refractivity contribution is -0.118. The Morgan fingerprint density at radius 2 is 2.31 bits per heavy atom. The fourth-order valence-corrected chi connectivity index (χ4v) is 1.62. The van der Waals surface area contributed by atoms with E-state index in [1.54, 1.807) is 0 Å². The summed E-state index contributed by atoms with van der Waals surface area (Å²) in [7, 11) is 0. The summed E-state index contributed by atoms with van der Waals surface area (Å²) < 4.78 is 18.3. The number of ether oxygens (including phenoxy) is 1. The van der Waals surface area contributed by atoms with E-state index in [-0.39, 0.29) is 12.5 Å². The Labute approximate surface area is 82.0 Å². The average molecular weight is 246 g/mol. The first-order valence-corrected chi connectivity index (χ1v) is 4.38. The molecule has 5 heteroatoms. The van der Waals surface area contributed by atoms with Crippen LogP contribution in [0.15, 0.2) is 16.6 Å².